The molecule has 0 bridgehead atoms. The molecule has 2 N–H and O–H groups in total. The standard InChI is InChI=1S/C16H21NO2/c1-12-8-9-16(19-12)13(2)17-15-7-3-5-14(11-15)6-4-10-18/h3,5,7-9,11,13,17-18H,4,6,10H2,1-2H3. The first-order chi connectivity index (χ1) is 9.19. The zero-order valence-corrected chi connectivity index (χ0v) is 11.5. The first-order valence-electron chi connectivity index (χ1n) is 6.71. The van der Waals surface area contributed by atoms with E-state index < -0.39 is 0 Å². The highest BCUT2D eigenvalue weighted by atomic mass is 16.3. The van der Waals surface area contributed by atoms with E-state index in [1.165, 1.54) is 5.56 Å². The Morgan fingerprint density at radius 1 is 1.26 bits per heavy atom. The topological polar surface area (TPSA) is 45.4 Å². The van der Waals surface area contributed by atoms with Crippen LogP contribution in [0.15, 0.2) is 40.8 Å². The van der Waals surface area contributed by atoms with E-state index in [4.69, 9.17) is 9.52 Å². The molecule has 2 rings (SSSR count). The van der Waals surface area contributed by atoms with Gasteiger partial charge in [0.15, 0.2) is 0 Å². The zero-order chi connectivity index (χ0) is 13.7. The number of anilines is 1. The summed E-state index contributed by atoms with van der Waals surface area (Å²) in [5.74, 6) is 1.87. The second-order valence-corrected chi connectivity index (χ2v) is 4.84. The van der Waals surface area contributed by atoms with E-state index in [0.717, 1.165) is 30.0 Å². The maximum atomic E-state index is 8.87. The minimum atomic E-state index is 0.141. The second kappa shape index (κ2) is 6.43. The molecule has 0 aliphatic carbocycles. The Hall–Kier alpha value is -1.74. The molecule has 3 nitrogen and oxygen atoms in total. The van der Waals surface area contributed by atoms with Crippen molar-refractivity contribution in [1.29, 1.82) is 0 Å². The lowest BCUT2D eigenvalue weighted by atomic mass is 10.1. The molecule has 1 aromatic carbocycles. The third-order valence-corrected chi connectivity index (χ3v) is 3.12. The number of aliphatic hydroxyl groups excluding tert-OH is 1. The van der Waals surface area contributed by atoms with Gasteiger partial charge in [-0.1, -0.05) is 12.1 Å². The molecule has 1 atom stereocenters. The summed E-state index contributed by atoms with van der Waals surface area (Å²) in [6, 6.07) is 12.4. The molecule has 1 unspecified atom stereocenters. The number of furan rings is 1. The molecule has 0 radical (unpaired) electrons. The minimum Gasteiger partial charge on any atom is -0.464 e. The molecule has 1 heterocycles. The Kier molecular flexibility index (Phi) is 4.63. The van der Waals surface area contributed by atoms with Crippen LogP contribution < -0.4 is 5.32 Å². The number of nitrogens with one attached hydrogen (secondary N) is 1. The van der Waals surface area contributed by atoms with Gasteiger partial charge >= 0.3 is 0 Å². The van der Waals surface area contributed by atoms with E-state index in [-0.39, 0.29) is 12.6 Å². The number of aryl methyl sites for hydroxylation is 2. The summed E-state index contributed by atoms with van der Waals surface area (Å²) in [6.07, 6.45) is 1.71. The Balaban J connectivity index is 2.02. The third kappa shape index (κ3) is 3.86. The molecular weight excluding hydrogens is 238 g/mol. The van der Waals surface area contributed by atoms with E-state index in [0.29, 0.717) is 0 Å². The smallest absolute Gasteiger partial charge is 0.126 e. The number of benzene rings is 1. The molecule has 102 valence electrons. The lowest BCUT2D eigenvalue weighted by Crippen LogP contribution is -2.05. The Morgan fingerprint density at radius 3 is 2.79 bits per heavy atom. The van der Waals surface area contributed by atoms with Gasteiger partial charge in [0, 0.05) is 12.3 Å². The van der Waals surface area contributed by atoms with Gasteiger partial charge in [-0.2, -0.15) is 0 Å². The molecule has 0 fully saturated rings. The number of hydrogen-bond acceptors (Lipinski definition) is 3. The maximum absolute atomic E-state index is 8.87. The summed E-state index contributed by atoms with van der Waals surface area (Å²) in [7, 11) is 0. The van der Waals surface area contributed by atoms with Crippen molar-refractivity contribution in [3.05, 3.63) is 53.5 Å². The van der Waals surface area contributed by atoms with Crippen molar-refractivity contribution in [2.75, 3.05) is 11.9 Å². The normalized spacial score (nSPS) is 12.4. The summed E-state index contributed by atoms with van der Waals surface area (Å²) >= 11 is 0. The van der Waals surface area contributed by atoms with E-state index >= 15 is 0 Å². The molecule has 19 heavy (non-hydrogen) atoms. The molecular formula is C16H21NO2. The van der Waals surface area contributed by atoms with Gasteiger partial charge in [0.1, 0.15) is 11.5 Å². The molecule has 3 heteroatoms. The predicted molar refractivity (Wildman–Crippen MR) is 77.3 cm³/mol. The molecule has 0 saturated heterocycles. The van der Waals surface area contributed by atoms with Crippen molar-refractivity contribution < 1.29 is 9.52 Å². The van der Waals surface area contributed by atoms with Crippen molar-refractivity contribution >= 4 is 5.69 Å². The van der Waals surface area contributed by atoms with Crippen LogP contribution in [-0.2, 0) is 6.42 Å². The van der Waals surface area contributed by atoms with Crippen LogP contribution in [0.5, 0.6) is 0 Å². The third-order valence-electron chi connectivity index (χ3n) is 3.12. The van der Waals surface area contributed by atoms with Crippen LogP contribution in [0.1, 0.15) is 36.5 Å². The summed E-state index contributed by atoms with van der Waals surface area (Å²) in [6.45, 7) is 4.27. The summed E-state index contributed by atoms with van der Waals surface area (Å²) in [5, 5.41) is 12.3. The van der Waals surface area contributed by atoms with Crippen LogP contribution in [0, 0.1) is 6.92 Å². The van der Waals surface area contributed by atoms with Crippen molar-refractivity contribution in [1.82, 2.24) is 0 Å². The first-order valence-corrected chi connectivity index (χ1v) is 6.71. The van der Waals surface area contributed by atoms with Gasteiger partial charge in [0.05, 0.1) is 6.04 Å². The molecule has 0 aliphatic heterocycles. The quantitative estimate of drug-likeness (QED) is 0.831. The van der Waals surface area contributed by atoms with Gasteiger partial charge in [-0.05, 0) is 56.5 Å². The van der Waals surface area contributed by atoms with Gasteiger partial charge < -0.3 is 14.8 Å². The van der Waals surface area contributed by atoms with E-state index in [1.807, 2.05) is 25.1 Å². The van der Waals surface area contributed by atoms with Crippen LogP contribution in [0.2, 0.25) is 0 Å². The largest absolute Gasteiger partial charge is 0.464 e. The fourth-order valence-corrected chi connectivity index (χ4v) is 2.11. The average Bonchev–Trinajstić information content (AvgIpc) is 2.83. The Labute approximate surface area is 114 Å². The average molecular weight is 259 g/mol. The number of rotatable bonds is 6. The fourth-order valence-electron chi connectivity index (χ4n) is 2.11. The fraction of sp³-hybridized carbons (Fsp3) is 0.375. The summed E-state index contributed by atoms with van der Waals surface area (Å²) in [5.41, 5.74) is 2.32. The second-order valence-electron chi connectivity index (χ2n) is 4.84. The van der Waals surface area contributed by atoms with Crippen molar-refractivity contribution in [3.8, 4) is 0 Å². The van der Waals surface area contributed by atoms with E-state index in [1.54, 1.807) is 0 Å². The monoisotopic (exact) mass is 259 g/mol. The van der Waals surface area contributed by atoms with Gasteiger partial charge in [0.2, 0.25) is 0 Å². The summed E-state index contributed by atoms with van der Waals surface area (Å²) < 4.78 is 5.62. The maximum Gasteiger partial charge on any atom is 0.126 e. The molecule has 0 amide bonds. The van der Waals surface area contributed by atoms with E-state index in [2.05, 4.69) is 30.4 Å². The van der Waals surface area contributed by atoms with Gasteiger partial charge in [-0.3, -0.25) is 0 Å². The molecule has 1 aromatic heterocycles. The lowest BCUT2D eigenvalue weighted by molar-refractivity contribution is 0.288. The van der Waals surface area contributed by atoms with Gasteiger partial charge in [0.25, 0.3) is 0 Å². The van der Waals surface area contributed by atoms with Crippen molar-refractivity contribution in [2.45, 2.75) is 32.7 Å². The van der Waals surface area contributed by atoms with Crippen molar-refractivity contribution in [2.24, 2.45) is 0 Å². The van der Waals surface area contributed by atoms with Crippen molar-refractivity contribution in [3.63, 3.8) is 0 Å². The van der Waals surface area contributed by atoms with Crippen LogP contribution in [-0.4, -0.2) is 11.7 Å². The first kappa shape index (κ1) is 13.7. The predicted octanol–water partition coefficient (Wildman–Crippen LogP) is 3.69. The van der Waals surface area contributed by atoms with Crippen LogP contribution in [0.3, 0.4) is 0 Å². The Morgan fingerprint density at radius 2 is 2.11 bits per heavy atom. The molecule has 2 aromatic rings. The van der Waals surface area contributed by atoms with Crippen LogP contribution in [0.25, 0.3) is 0 Å². The zero-order valence-electron chi connectivity index (χ0n) is 11.5. The molecule has 0 aliphatic rings. The van der Waals surface area contributed by atoms with Crippen LogP contribution in [0.4, 0.5) is 5.69 Å². The minimum absolute atomic E-state index is 0.141. The highest BCUT2D eigenvalue weighted by Gasteiger charge is 2.09. The highest BCUT2D eigenvalue weighted by Crippen LogP contribution is 2.22. The van der Waals surface area contributed by atoms with E-state index in [9.17, 15) is 0 Å². The molecule has 0 spiro atoms. The number of aliphatic hydroxyl groups is 1. The number of hydrogen-bond donors (Lipinski definition) is 2. The Bertz CT molecular complexity index is 519. The van der Waals surface area contributed by atoms with Gasteiger partial charge in [-0.25, -0.2) is 0 Å². The molecule has 0 saturated carbocycles. The summed E-state index contributed by atoms with van der Waals surface area (Å²) in [4.78, 5) is 0. The highest BCUT2D eigenvalue weighted by molar-refractivity contribution is 5.47. The van der Waals surface area contributed by atoms with Crippen LogP contribution >= 0.6 is 0 Å². The van der Waals surface area contributed by atoms with Gasteiger partial charge in [-0.15, -0.1) is 0 Å². The lowest BCUT2D eigenvalue weighted by Gasteiger charge is -2.14. The SMILES string of the molecule is Cc1ccc(C(C)Nc2cccc(CCCO)c2)o1.